The SMILES string of the molecule is CC/C=C/C/C=C/CCCCCCCCCC(=O)OC(CCC/C=C/C=C/CCCCCCCCC)CC(=O)NC(CO)C(O)CCCCCCCCCCCCCCCCCCC. The maximum absolute atomic E-state index is 13.2. The Bertz CT molecular complexity index is 1100. The van der Waals surface area contributed by atoms with Crippen molar-refractivity contribution in [3.8, 4) is 0 Å². The van der Waals surface area contributed by atoms with E-state index >= 15 is 0 Å². The van der Waals surface area contributed by atoms with Crippen molar-refractivity contribution >= 4 is 11.9 Å². The molecule has 0 rings (SSSR count). The van der Waals surface area contributed by atoms with Gasteiger partial charge in [-0.3, -0.25) is 9.59 Å². The summed E-state index contributed by atoms with van der Waals surface area (Å²) in [7, 11) is 0. The van der Waals surface area contributed by atoms with E-state index in [1.807, 2.05) is 0 Å². The number of carbonyl (C=O) groups is 2. The minimum Gasteiger partial charge on any atom is -0.462 e. The molecule has 3 N–H and O–H groups in total. The highest BCUT2D eigenvalue weighted by atomic mass is 16.5. The van der Waals surface area contributed by atoms with E-state index in [4.69, 9.17) is 4.74 Å². The molecule has 64 heavy (non-hydrogen) atoms. The molecule has 0 aliphatic carbocycles. The highest BCUT2D eigenvalue weighted by molar-refractivity contribution is 5.77. The zero-order chi connectivity index (χ0) is 46.7. The second-order valence-corrected chi connectivity index (χ2v) is 19.0. The van der Waals surface area contributed by atoms with Crippen molar-refractivity contribution < 1.29 is 24.5 Å². The lowest BCUT2D eigenvalue weighted by Crippen LogP contribution is -2.46. The molecule has 1 amide bonds. The summed E-state index contributed by atoms with van der Waals surface area (Å²) in [4.78, 5) is 26.2. The molecule has 3 atom stereocenters. The van der Waals surface area contributed by atoms with E-state index in [-0.39, 0.29) is 24.9 Å². The van der Waals surface area contributed by atoms with Crippen LogP contribution in [0.2, 0.25) is 0 Å². The molecule has 0 aliphatic heterocycles. The van der Waals surface area contributed by atoms with Crippen LogP contribution in [0.25, 0.3) is 0 Å². The quantitative estimate of drug-likeness (QED) is 0.0245. The molecule has 0 spiro atoms. The topological polar surface area (TPSA) is 95.9 Å². The Morgan fingerprint density at radius 1 is 0.484 bits per heavy atom. The van der Waals surface area contributed by atoms with Crippen LogP contribution in [0.3, 0.4) is 0 Å². The molecular weight excluding hydrogens is 791 g/mol. The molecule has 0 bridgehead atoms. The Hall–Kier alpha value is -2.18. The lowest BCUT2D eigenvalue weighted by atomic mass is 10.0. The van der Waals surface area contributed by atoms with E-state index in [2.05, 4.69) is 74.7 Å². The summed E-state index contributed by atoms with van der Waals surface area (Å²) < 4.78 is 5.92. The number of unbranched alkanes of at least 4 members (excludes halogenated alkanes) is 31. The number of nitrogens with one attached hydrogen (secondary N) is 1. The number of carbonyl (C=O) groups excluding carboxylic acids is 2. The number of aliphatic hydroxyl groups excluding tert-OH is 2. The van der Waals surface area contributed by atoms with Crippen molar-refractivity contribution in [3.05, 3.63) is 48.6 Å². The predicted molar refractivity (Wildman–Crippen MR) is 278 cm³/mol. The maximum atomic E-state index is 13.2. The van der Waals surface area contributed by atoms with Gasteiger partial charge >= 0.3 is 5.97 Å². The van der Waals surface area contributed by atoms with E-state index in [1.165, 1.54) is 161 Å². The van der Waals surface area contributed by atoms with Gasteiger partial charge in [-0.25, -0.2) is 0 Å². The normalized spacial score (nSPS) is 13.5. The molecule has 6 nitrogen and oxygen atoms in total. The van der Waals surface area contributed by atoms with E-state index in [0.29, 0.717) is 19.3 Å². The van der Waals surface area contributed by atoms with Crippen LogP contribution >= 0.6 is 0 Å². The van der Waals surface area contributed by atoms with Crippen LogP contribution in [0.5, 0.6) is 0 Å². The highest BCUT2D eigenvalue weighted by Gasteiger charge is 2.24. The van der Waals surface area contributed by atoms with Gasteiger partial charge in [0.25, 0.3) is 0 Å². The number of hydrogen-bond donors (Lipinski definition) is 3. The largest absolute Gasteiger partial charge is 0.462 e. The second-order valence-electron chi connectivity index (χ2n) is 19.0. The molecule has 0 saturated heterocycles. The first-order valence-electron chi connectivity index (χ1n) is 27.9. The predicted octanol–water partition coefficient (Wildman–Crippen LogP) is 17.0. The number of rotatable bonds is 50. The Balaban J connectivity index is 4.57. The van der Waals surface area contributed by atoms with Gasteiger partial charge in [0, 0.05) is 6.42 Å². The summed E-state index contributed by atoms with van der Waals surface area (Å²) in [5.41, 5.74) is 0. The van der Waals surface area contributed by atoms with Gasteiger partial charge in [0.1, 0.15) is 6.10 Å². The highest BCUT2D eigenvalue weighted by Crippen LogP contribution is 2.18. The first-order valence-corrected chi connectivity index (χ1v) is 27.9. The number of allylic oxidation sites excluding steroid dienone is 8. The number of esters is 1. The van der Waals surface area contributed by atoms with Crippen molar-refractivity contribution in [1.29, 1.82) is 0 Å². The van der Waals surface area contributed by atoms with Crippen molar-refractivity contribution in [2.45, 2.75) is 302 Å². The van der Waals surface area contributed by atoms with E-state index in [9.17, 15) is 19.8 Å². The van der Waals surface area contributed by atoms with E-state index < -0.39 is 18.2 Å². The summed E-state index contributed by atoms with van der Waals surface area (Å²) in [6.45, 7) is 6.38. The summed E-state index contributed by atoms with van der Waals surface area (Å²) in [5, 5.41) is 23.8. The third-order valence-electron chi connectivity index (χ3n) is 12.7. The second kappa shape index (κ2) is 51.8. The molecule has 0 heterocycles. The molecule has 0 aromatic carbocycles. The fourth-order valence-corrected chi connectivity index (χ4v) is 8.47. The number of hydrogen-bond acceptors (Lipinski definition) is 5. The van der Waals surface area contributed by atoms with Crippen LogP contribution in [0, 0.1) is 0 Å². The first-order chi connectivity index (χ1) is 31.5. The zero-order valence-electron chi connectivity index (χ0n) is 42.7. The minimum absolute atomic E-state index is 0.0424. The summed E-state index contributed by atoms with van der Waals surface area (Å²) in [6.07, 6.45) is 63.2. The third kappa shape index (κ3) is 46.4. The average Bonchev–Trinajstić information content (AvgIpc) is 3.29. The molecular formula is C58H107NO5. The van der Waals surface area contributed by atoms with Crippen LogP contribution in [-0.2, 0) is 14.3 Å². The van der Waals surface area contributed by atoms with Gasteiger partial charge in [0.05, 0.1) is 25.2 Å². The van der Waals surface area contributed by atoms with Crippen molar-refractivity contribution in [3.63, 3.8) is 0 Å². The molecule has 6 heteroatoms. The summed E-state index contributed by atoms with van der Waals surface area (Å²) >= 11 is 0. The Morgan fingerprint density at radius 3 is 1.39 bits per heavy atom. The number of ether oxygens (including phenoxy) is 1. The molecule has 0 saturated carbocycles. The molecule has 374 valence electrons. The van der Waals surface area contributed by atoms with Gasteiger partial charge < -0.3 is 20.3 Å². The number of aliphatic hydroxyl groups is 2. The molecule has 3 unspecified atom stereocenters. The monoisotopic (exact) mass is 898 g/mol. The van der Waals surface area contributed by atoms with Crippen LogP contribution in [-0.4, -0.2) is 46.9 Å². The van der Waals surface area contributed by atoms with Crippen LogP contribution in [0.1, 0.15) is 284 Å². The molecule has 0 fully saturated rings. The van der Waals surface area contributed by atoms with Crippen LogP contribution < -0.4 is 5.32 Å². The van der Waals surface area contributed by atoms with Crippen molar-refractivity contribution in [1.82, 2.24) is 5.32 Å². The van der Waals surface area contributed by atoms with Crippen LogP contribution in [0.15, 0.2) is 48.6 Å². The Kier molecular flexibility index (Phi) is 50.0. The first kappa shape index (κ1) is 61.8. The van der Waals surface area contributed by atoms with Crippen LogP contribution in [0.4, 0.5) is 0 Å². The van der Waals surface area contributed by atoms with E-state index in [1.54, 1.807) is 0 Å². The van der Waals surface area contributed by atoms with E-state index in [0.717, 1.165) is 77.0 Å². The Labute approximate surface area is 397 Å². The number of amides is 1. The smallest absolute Gasteiger partial charge is 0.306 e. The maximum Gasteiger partial charge on any atom is 0.306 e. The summed E-state index contributed by atoms with van der Waals surface area (Å²) in [5.74, 6) is -0.522. The average molecular weight is 898 g/mol. The van der Waals surface area contributed by atoms with Gasteiger partial charge in [-0.05, 0) is 70.6 Å². The molecule has 0 aromatic rings. The lowest BCUT2D eigenvalue weighted by molar-refractivity contribution is -0.151. The lowest BCUT2D eigenvalue weighted by Gasteiger charge is -2.24. The van der Waals surface area contributed by atoms with Gasteiger partial charge in [-0.1, -0.05) is 249 Å². The molecule has 0 radical (unpaired) electrons. The van der Waals surface area contributed by atoms with Gasteiger partial charge in [0.2, 0.25) is 5.91 Å². The van der Waals surface area contributed by atoms with Crippen molar-refractivity contribution in [2.24, 2.45) is 0 Å². The third-order valence-corrected chi connectivity index (χ3v) is 12.7. The van der Waals surface area contributed by atoms with Gasteiger partial charge in [0.15, 0.2) is 0 Å². The fraction of sp³-hybridized carbons (Fsp3) is 0.828. The van der Waals surface area contributed by atoms with Crippen molar-refractivity contribution in [2.75, 3.05) is 6.61 Å². The fourth-order valence-electron chi connectivity index (χ4n) is 8.47. The molecule has 0 aromatic heterocycles. The minimum atomic E-state index is -0.801. The zero-order valence-corrected chi connectivity index (χ0v) is 42.7. The standard InChI is InChI=1S/C58H107NO5/c1-4-7-10-13-16-19-22-25-28-29-30-32-35-38-41-44-47-50-56(61)55(53-60)59-57(62)52-54(49-46-43-40-37-34-31-26-23-20-17-14-11-8-5-2)64-58(63)51-48-45-42-39-36-33-27-24-21-18-15-12-9-6-3/h9,12,18,21,31,34,37,40,54-56,60-61H,4-8,10-11,13-17,19-20,22-30,32-33,35-36,38-39,41-53H2,1-3H3,(H,59,62)/b12-9+,21-18+,34-31+,40-37+. The Morgan fingerprint density at radius 2 is 0.906 bits per heavy atom. The van der Waals surface area contributed by atoms with Gasteiger partial charge in [-0.15, -0.1) is 0 Å². The summed E-state index contributed by atoms with van der Waals surface area (Å²) in [6, 6.07) is -0.717. The molecule has 0 aliphatic rings. The van der Waals surface area contributed by atoms with Gasteiger partial charge in [-0.2, -0.15) is 0 Å².